The number of hydrogen-bond acceptors (Lipinski definition) is 4. The third-order valence-corrected chi connectivity index (χ3v) is 2.03. The van der Waals surface area contributed by atoms with E-state index in [2.05, 4.69) is 15.0 Å². The summed E-state index contributed by atoms with van der Waals surface area (Å²) >= 11 is 5.20. The van der Waals surface area contributed by atoms with Crippen molar-refractivity contribution in [3.8, 4) is 0 Å². The van der Waals surface area contributed by atoms with Crippen LogP contribution in [0.4, 0.5) is 26.3 Å². The van der Waals surface area contributed by atoms with E-state index < -0.39 is 29.6 Å². The van der Waals surface area contributed by atoms with Gasteiger partial charge in [0.15, 0.2) is 0 Å². The number of rotatable bonds is 0. The van der Waals surface area contributed by atoms with Crippen LogP contribution in [0.3, 0.4) is 0 Å². The van der Waals surface area contributed by atoms with E-state index in [-0.39, 0.29) is 5.15 Å². The topological polar surface area (TPSA) is 71.5 Å². The fourth-order valence-electron chi connectivity index (χ4n) is 0.987. The second kappa shape index (κ2) is 6.73. The quantitative estimate of drug-likeness (QED) is 0.588. The fourth-order valence-corrected chi connectivity index (χ4v) is 1.12. The molecular formula is C10H5ClF6N4O. The van der Waals surface area contributed by atoms with Gasteiger partial charge in [0.05, 0.1) is 0 Å². The van der Waals surface area contributed by atoms with Crippen LogP contribution in [0.2, 0.25) is 5.15 Å². The van der Waals surface area contributed by atoms with E-state index in [0.29, 0.717) is 0 Å². The number of H-pyrrole nitrogens is 1. The smallest absolute Gasteiger partial charge is 0.303 e. The molecule has 12 heteroatoms. The van der Waals surface area contributed by atoms with Gasteiger partial charge in [0.1, 0.15) is 5.15 Å². The van der Waals surface area contributed by atoms with Gasteiger partial charge in [0.2, 0.25) is 11.6 Å². The standard InChI is InChI=1S/C5H2ClF3N2.C5H3F3N2O/c6-3-1-2-10-4(11-3)5(7,8)9;6-5(7,8)4-9-2-1-3(11)10-4/h1-2H;1-2H,(H,9,10,11). The van der Waals surface area contributed by atoms with Crippen molar-refractivity contribution in [2.75, 3.05) is 0 Å². The molecule has 0 fully saturated rings. The van der Waals surface area contributed by atoms with E-state index in [1.165, 1.54) is 6.07 Å². The van der Waals surface area contributed by atoms with Gasteiger partial charge in [-0.15, -0.1) is 0 Å². The predicted molar refractivity (Wildman–Crippen MR) is 61.9 cm³/mol. The lowest BCUT2D eigenvalue weighted by Crippen LogP contribution is -2.17. The lowest BCUT2D eigenvalue weighted by atomic mass is 10.5. The maximum atomic E-state index is 11.8. The zero-order chi connectivity index (χ0) is 17.0. The normalized spacial score (nSPS) is 11.6. The van der Waals surface area contributed by atoms with Crippen LogP contribution in [0.5, 0.6) is 0 Å². The molecule has 0 saturated carbocycles. The molecule has 0 bridgehead atoms. The van der Waals surface area contributed by atoms with Gasteiger partial charge in [-0.1, -0.05) is 11.6 Å². The van der Waals surface area contributed by atoms with Gasteiger partial charge in [-0.25, -0.2) is 15.0 Å². The molecule has 2 aromatic rings. The molecule has 2 aromatic heterocycles. The van der Waals surface area contributed by atoms with Crippen LogP contribution in [0, 0.1) is 0 Å². The van der Waals surface area contributed by atoms with E-state index in [4.69, 9.17) is 11.6 Å². The number of aromatic amines is 1. The Morgan fingerprint density at radius 3 is 1.91 bits per heavy atom. The van der Waals surface area contributed by atoms with Crippen LogP contribution < -0.4 is 5.56 Å². The molecule has 22 heavy (non-hydrogen) atoms. The highest BCUT2D eigenvalue weighted by atomic mass is 35.5. The zero-order valence-corrected chi connectivity index (χ0v) is 11.0. The molecule has 0 spiro atoms. The Bertz CT molecular complexity index is 684. The molecule has 0 radical (unpaired) electrons. The van der Waals surface area contributed by atoms with Gasteiger partial charge < -0.3 is 4.98 Å². The Morgan fingerprint density at radius 1 is 0.955 bits per heavy atom. The van der Waals surface area contributed by atoms with Gasteiger partial charge in [0.25, 0.3) is 5.56 Å². The maximum Gasteiger partial charge on any atom is 0.451 e. The van der Waals surface area contributed by atoms with Crippen molar-refractivity contribution in [2.24, 2.45) is 0 Å². The number of halogens is 7. The number of alkyl halides is 6. The number of aromatic nitrogens is 4. The van der Waals surface area contributed by atoms with Crippen molar-refractivity contribution >= 4 is 11.6 Å². The number of nitrogens with one attached hydrogen (secondary N) is 1. The average Bonchev–Trinajstić information content (AvgIpc) is 2.37. The molecule has 2 rings (SSSR count). The summed E-state index contributed by atoms with van der Waals surface area (Å²) in [5.41, 5.74) is -0.813. The molecule has 2 heterocycles. The van der Waals surface area contributed by atoms with Crippen LogP contribution >= 0.6 is 11.6 Å². The summed E-state index contributed by atoms with van der Waals surface area (Å²) in [6.45, 7) is 0. The van der Waals surface area contributed by atoms with E-state index in [1.807, 2.05) is 0 Å². The third kappa shape index (κ3) is 5.68. The van der Waals surface area contributed by atoms with Gasteiger partial charge in [-0.3, -0.25) is 4.79 Å². The Hall–Kier alpha value is -2.17. The predicted octanol–water partition coefficient (Wildman–Crippen LogP) is 2.94. The first kappa shape index (κ1) is 17.9. The van der Waals surface area contributed by atoms with E-state index in [0.717, 1.165) is 18.5 Å². The molecular weight excluding hydrogens is 342 g/mol. The minimum Gasteiger partial charge on any atom is -0.303 e. The van der Waals surface area contributed by atoms with Crippen LogP contribution in [-0.2, 0) is 12.4 Å². The summed E-state index contributed by atoms with van der Waals surface area (Å²) in [5, 5.41) is -0.215. The minimum absolute atomic E-state index is 0.215. The molecule has 0 aromatic carbocycles. The SMILES string of the molecule is FC(F)(F)c1nccc(Cl)n1.O=c1ccnc(C(F)(F)F)[nH]1. The third-order valence-electron chi connectivity index (χ3n) is 1.81. The number of hydrogen-bond donors (Lipinski definition) is 1. The first-order chi connectivity index (χ1) is 10.00. The summed E-state index contributed by atoms with van der Waals surface area (Å²) < 4.78 is 70.6. The van der Waals surface area contributed by atoms with Crippen molar-refractivity contribution in [3.05, 3.63) is 51.7 Å². The van der Waals surface area contributed by atoms with Crippen molar-refractivity contribution in [1.29, 1.82) is 0 Å². The van der Waals surface area contributed by atoms with Crippen molar-refractivity contribution in [1.82, 2.24) is 19.9 Å². The molecule has 0 amide bonds. The Kier molecular flexibility index (Phi) is 5.47. The van der Waals surface area contributed by atoms with E-state index in [9.17, 15) is 31.1 Å². The van der Waals surface area contributed by atoms with Gasteiger partial charge in [0, 0.05) is 18.5 Å². The van der Waals surface area contributed by atoms with E-state index in [1.54, 1.807) is 4.98 Å². The van der Waals surface area contributed by atoms with E-state index >= 15 is 0 Å². The molecule has 0 saturated heterocycles. The molecule has 1 N–H and O–H groups in total. The molecule has 0 unspecified atom stereocenters. The van der Waals surface area contributed by atoms with Crippen molar-refractivity contribution < 1.29 is 26.3 Å². The highest BCUT2D eigenvalue weighted by Crippen LogP contribution is 2.26. The monoisotopic (exact) mass is 346 g/mol. The number of nitrogens with zero attached hydrogens (tertiary/aromatic N) is 3. The summed E-state index contributed by atoms with van der Waals surface area (Å²) in [7, 11) is 0. The van der Waals surface area contributed by atoms with Crippen LogP contribution in [0.25, 0.3) is 0 Å². The summed E-state index contributed by atoms with van der Waals surface area (Å²) in [6.07, 6.45) is -7.34. The Balaban J connectivity index is 0.000000220. The summed E-state index contributed by atoms with van der Waals surface area (Å²) in [6, 6.07) is 2.09. The second-order valence-corrected chi connectivity index (χ2v) is 3.87. The highest BCUT2D eigenvalue weighted by Gasteiger charge is 2.34. The first-order valence-corrected chi connectivity index (χ1v) is 5.56. The van der Waals surface area contributed by atoms with Gasteiger partial charge in [-0.05, 0) is 6.07 Å². The molecule has 0 atom stereocenters. The first-order valence-electron chi connectivity index (χ1n) is 5.18. The molecule has 0 aliphatic rings. The van der Waals surface area contributed by atoms with Crippen molar-refractivity contribution in [2.45, 2.75) is 12.4 Å². The largest absolute Gasteiger partial charge is 0.451 e. The molecule has 120 valence electrons. The minimum atomic E-state index is -4.58. The zero-order valence-electron chi connectivity index (χ0n) is 10.2. The summed E-state index contributed by atoms with van der Waals surface area (Å²) in [5.74, 6) is -2.49. The van der Waals surface area contributed by atoms with Gasteiger partial charge in [-0.2, -0.15) is 26.3 Å². The lowest BCUT2D eigenvalue weighted by molar-refractivity contribution is -0.145. The maximum absolute atomic E-state index is 11.8. The Labute approximate surface area is 123 Å². The van der Waals surface area contributed by atoms with Crippen LogP contribution in [0.15, 0.2) is 29.3 Å². The second-order valence-electron chi connectivity index (χ2n) is 3.48. The molecule has 0 aliphatic heterocycles. The average molecular weight is 347 g/mol. The Morgan fingerprint density at radius 2 is 1.55 bits per heavy atom. The summed E-state index contributed by atoms with van der Waals surface area (Å²) in [4.78, 5) is 20.8. The molecule has 5 nitrogen and oxygen atoms in total. The van der Waals surface area contributed by atoms with Crippen LogP contribution in [-0.4, -0.2) is 19.9 Å². The lowest BCUT2D eigenvalue weighted by Gasteiger charge is -2.02. The fraction of sp³-hybridized carbons (Fsp3) is 0.200. The van der Waals surface area contributed by atoms with Crippen molar-refractivity contribution in [3.63, 3.8) is 0 Å². The molecule has 0 aliphatic carbocycles. The highest BCUT2D eigenvalue weighted by molar-refractivity contribution is 6.29. The van der Waals surface area contributed by atoms with Gasteiger partial charge >= 0.3 is 12.4 Å². The van der Waals surface area contributed by atoms with Crippen LogP contribution in [0.1, 0.15) is 11.6 Å².